The van der Waals surface area contributed by atoms with Gasteiger partial charge in [-0.15, -0.1) is 4.33 Å². The van der Waals surface area contributed by atoms with Gasteiger partial charge < -0.3 is 0 Å². The van der Waals surface area contributed by atoms with Crippen molar-refractivity contribution in [3.8, 4) is 0 Å². The van der Waals surface area contributed by atoms with Crippen LogP contribution in [0.1, 0.15) is 13.3 Å². The molecule has 0 radical (unpaired) electrons. The quantitative estimate of drug-likeness (QED) is 0.449. The van der Waals surface area contributed by atoms with E-state index in [4.69, 9.17) is 5.26 Å². The second-order valence-corrected chi connectivity index (χ2v) is 3.01. The van der Waals surface area contributed by atoms with Crippen molar-refractivity contribution in [1.29, 1.82) is 0 Å². The summed E-state index contributed by atoms with van der Waals surface area (Å²) in [6.07, 6.45) is 0.447. The standard InChI is InChI=1S/C3H8O4S/c1-2-3-8(5,6)7-4/h4H,2-3H2,1H3. The highest BCUT2D eigenvalue weighted by atomic mass is 32.2. The van der Waals surface area contributed by atoms with Crippen molar-refractivity contribution in [2.45, 2.75) is 13.3 Å². The Balaban J connectivity index is 3.76. The summed E-state index contributed by atoms with van der Waals surface area (Å²) in [5.41, 5.74) is 0. The summed E-state index contributed by atoms with van der Waals surface area (Å²) in [5.74, 6) is -0.135. The molecule has 0 atom stereocenters. The van der Waals surface area contributed by atoms with Gasteiger partial charge in [0.25, 0.3) is 10.1 Å². The van der Waals surface area contributed by atoms with Crippen LogP contribution in [0.5, 0.6) is 0 Å². The van der Waals surface area contributed by atoms with Crippen LogP contribution in [0, 0.1) is 0 Å². The van der Waals surface area contributed by atoms with Crippen molar-refractivity contribution in [2.75, 3.05) is 5.75 Å². The minimum absolute atomic E-state index is 0.135. The molecule has 0 bridgehead atoms. The largest absolute Gasteiger partial charge is 0.293 e. The van der Waals surface area contributed by atoms with Gasteiger partial charge in [0.05, 0.1) is 5.75 Å². The van der Waals surface area contributed by atoms with E-state index in [9.17, 15) is 8.42 Å². The summed E-state index contributed by atoms with van der Waals surface area (Å²) in [5, 5.41) is 7.64. The van der Waals surface area contributed by atoms with Gasteiger partial charge in [-0.2, -0.15) is 8.42 Å². The summed E-state index contributed by atoms with van der Waals surface area (Å²) < 4.78 is 23.4. The molecular formula is C3H8O4S. The van der Waals surface area contributed by atoms with Gasteiger partial charge in [0.15, 0.2) is 0 Å². The number of hydrogen-bond acceptors (Lipinski definition) is 4. The zero-order valence-corrected chi connectivity index (χ0v) is 5.31. The van der Waals surface area contributed by atoms with Crippen LogP contribution in [0.3, 0.4) is 0 Å². The Morgan fingerprint density at radius 3 is 2.25 bits per heavy atom. The molecule has 8 heavy (non-hydrogen) atoms. The van der Waals surface area contributed by atoms with Crippen molar-refractivity contribution in [2.24, 2.45) is 0 Å². The molecule has 0 amide bonds. The molecule has 50 valence electrons. The lowest BCUT2D eigenvalue weighted by Gasteiger charge is -1.92. The van der Waals surface area contributed by atoms with E-state index >= 15 is 0 Å². The Hall–Kier alpha value is -0.130. The average molecular weight is 140 g/mol. The predicted octanol–water partition coefficient (Wildman–Crippen LogP) is 0.216. The predicted molar refractivity (Wildman–Crippen MR) is 27.8 cm³/mol. The van der Waals surface area contributed by atoms with Crippen LogP contribution in [-0.2, 0) is 14.5 Å². The summed E-state index contributed by atoms with van der Waals surface area (Å²) in [6.45, 7) is 1.68. The zero-order chi connectivity index (χ0) is 6.62. The Bertz CT molecular complexity index is 135. The molecule has 0 rings (SSSR count). The van der Waals surface area contributed by atoms with Gasteiger partial charge in [0.1, 0.15) is 0 Å². The minimum atomic E-state index is -3.61. The molecule has 0 aromatic heterocycles. The van der Waals surface area contributed by atoms with Crippen molar-refractivity contribution >= 4 is 10.1 Å². The fraction of sp³-hybridized carbons (Fsp3) is 1.00. The number of hydrogen-bond donors (Lipinski definition) is 1. The fourth-order valence-electron chi connectivity index (χ4n) is 0.287. The zero-order valence-electron chi connectivity index (χ0n) is 4.49. The molecule has 0 saturated carbocycles. The van der Waals surface area contributed by atoms with Crippen molar-refractivity contribution in [1.82, 2.24) is 0 Å². The summed E-state index contributed by atoms with van der Waals surface area (Å²) >= 11 is 0. The van der Waals surface area contributed by atoms with E-state index in [1.165, 1.54) is 0 Å². The third-order valence-electron chi connectivity index (χ3n) is 0.568. The van der Waals surface area contributed by atoms with Gasteiger partial charge in [-0.25, -0.2) is 5.26 Å². The molecule has 0 spiro atoms. The third kappa shape index (κ3) is 2.95. The molecule has 4 nitrogen and oxygen atoms in total. The monoisotopic (exact) mass is 140 g/mol. The summed E-state index contributed by atoms with van der Waals surface area (Å²) in [7, 11) is -3.61. The maximum absolute atomic E-state index is 10.1. The first kappa shape index (κ1) is 7.87. The Labute approximate surface area is 48.1 Å². The molecule has 0 aromatic rings. The van der Waals surface area contributed by atoms with E-state index in [1.54, 1.807) is 6.92 Å². The molecule has 0 saturated heterocycles. The normalized spacial score (nSPS) is 11.8. The minimum Gasteiger partial charge on any atom is -0.235 e. The number of rotatable bonds is 3. The van der Waals surface area contributed by atoms with Gasteiger partial charge in [0.2, 0.25) is 0 Å². The van der Waals surface area contributed by atoms with Crippen LogP contribution in [-0.4, -0.2) is 19.4 Å². The highest BCUT2D eigenvalue weighted by Gasteiger charge is 2.06. The van der Waals surface area contributed by atoms with Crippen LogP contribution in [0.2, 0.25) is 0 Å². The fourth-order valence-corrected chi connectivity index (χ4v) is 0.862. The third-order valence-corrected chi connectivity index (χ3v) is 1.70. The van der Waals surface area contributed by atoms with E-state index in [1.807, 2.05) is 0 Å². The topological polar surface area (TPSA) is 63.6 Å². The van der Waals surface area contributed by atoms with E-state index < -0.39 is 10.1 Å². The highest BCUT2D eigenvalue weighted by molar-refractivity contribution is 7.86. The van der Waals surface area contributed by atoms with E-state index in [0.717, 1.165) is 0 Å². The van der Waals surface area contributed by atoms with Crippen LogP contribution in [0.15, 0.2) is 0 Å². The lowest BCUT2D eigenvalue weighted by atomic mass is 10.6. The first-order valence-electron chi connectivity index (χ1n) is 2.18. The molecular weight excluding hydrogens is 132 g/mol. The Kier molecular flexibility index (Phi) is 2.96. The van der Waals surface area contributed by atoms with Crippen LogP contribution in [0.4, 0.5) is 0 Å². The van der Waals surface area contributed by atoms with E-state index in [-0.39, 0.29) is 5.75 Å². The summed E-state index contributed by atoms with van der Waals surface area (Å²) in [6, 6.07) is 0. The first-order valence-corrected chi connectivity index (χ1v) is 3.76. The lowest BCUT2D eigenvalue weighted by molar-refractivity contribution is -0.130. The smallest absolute Gasteiger partial charge is 0.235 e. The molecule has 0 fully saturated rings. The van der Waals surface area contributed by atoms with Gasteiger partial charge >= 0.3 is 0 Å². The molecule has 0 aliphatic heterocycles. The SMILES string of the molecule is CCCS(=O)(=O)OO. The Morgan fingerprint density at radius 1 is 1.62 bits per heavy atom. The molecule has 0 aliphatic rings. The Morgan fingerprint density at radius 2 is 2.12 bits per heavy atom. The molecule has 5 heteroatoms. The second kappa shape index (κ2) is 3.01. The molecule has 1 N–H and O–H groups in total. The molecule has 0 aliphatic carbocycles. The van der Waals surface area contributed by atoms with Crippen LogP contribution >= 0.6 is 0 Å². The maximum Gasteiger partial charge on any atom is 0.293 e. The molecule has 0 aromatic carbocycles. The average Bonchev–Trinajstić information content (AvgIpc) is 1.67. The van der Waals surface area contributed by atoms with E-state index in [2.05, 4.69) is 4.33 Å². The van der Waals surface area contributed by atoms with E-state index in [0.29, 0.717) is 6.42 Å². The van der Waals surface area contributed by atoms with Gasteiger partial charge in [-0.05, 0) is 6.42 Å². The summed E-state index contributed by atoms with van der Waals surface area (Å²) in [4.78, 5) is 0. The maximum atomic E-state index is 10.1. The van der Waals surface area contributed by atoms with Crippen molar-refractivity contribution in [3.05, 3.63) is 0 Å². The van der Waals surface area contributed by atoms with Crippen LogP contribution in [0.25, 0.3) is 0 Å². The van der Waals surface area contributed by atoms with Crippen molar-refractivity contribution < 1.29 is 18.0 Å². The van der Waals surface area contributed by atoms with Crippen LogP contribution < -0.4 is 0 Å². The highest BCUT2D eigenvalue weighted by Crippen LogP contribution is 1.90. The molecule has 0 unspecified atom stereocenters. The van der Waals surface area contributed by atoms with Crippen molar-refractivity contribution in [3.63, 3.8) is 0 Å². The lowest BCUT2D eigenvalue weighted by Crippen LogP contribution is -2.06. The second-order valence-electron chi connectivity index (χ2n) is 1.34. The van der Waals surface area contributed by atoms with Gasteiger partial charge in [-0.1, -0.05) is 6.92 Å². The first-order chi connectivity index (χ1) is 3.62. The van der Waals surface area contributed by atoms with Gasteiger partial charge in [0, 0.05) is 0 Å². The van der Waals surface area contributed by atoms with Gasteiger partial charge in [-0.3, -0.25) is 0 Å². The molecule has 0 heterocycles.